The molecule has 1 aliphatic rings. The van der Waals surface area contributed by atoms with E-state index in [1.165, 1.54) is 17.4 Å². The molecule has 3 aromatic rings. The van der Waals surface area contributed by atoms with Gasteiger partial charge in [-0.25, -0.2) is 9.37 Å². The number of carbonyl (C=O) groups is 1. The van der Waals surface area contributed by atoms with Crippen LogP contribution in [0.1, 0.15) is 22.2 Å². The van der Waals surface area contributed by atoms with E-state index in [1.54, 1.807) is 35.6 Å². The Kier molecular flexibility index (Phi) is 5.73. The zero-order valence-electron chi connectivity index (χ0n) is 15.8. The molecule has 2 heterocycles. The molecule has 8 heteroatoms. The highest BCUT2D eigenvalue weighted by atomic mass is 32.1. The molecule has 1 aliphatic heterocycles. The number of benzene rings is 2. The average Bonchev–Trinajstić information content (AvgIpc) is 3.22. The fourth-order valence-electron chi connectivity index (χ4n) is 3.15. The first-order valence-electron chi connectivity index (χ1n) is 9.16. The van der Waals surface area contributed by atoms with Crippen LogP contribution in [0.25, 0.3) is 0 Å². The number of hydrogen-bond donors (Lipinski definition) is 1. The third-order valence-corrected chi connectivity index (χ3v) is 5.43. The van der Waals surface area contributed by atoms with Gasteiger partial charge >= 0.3 is 0 Å². The maximum absolute atomic E-state index is 14.1. The molecule has 2 aromatic carbocycles. The molecule has 1 aromatic heterocycles. The van der Waals surface area contributed by atoms with E-state index in [9.17, 15) is 9.18 Å². The predicted molar refractivity (Wildman–Crippen MR) is 109 cm³/mol. The number of carbonyl (C=O) groups excluding carboxylic acids is 1. The van der Waals surface area contributed by atoms with Gasteiger partial charge in [-0.05, 0) is 30.3 Å². The van der Waals surface area contributed by atoms with Gasteiger partial charge in [0.25, 0.3) is 5.91 Å². The lowest BCUT2D eigenvalue weighted by Gasteiger charge is -2.32. The van der Waals surface area contributed by atoms with Crippen LogP contribution in [0.3, 0.4) is 0 Å². The number of nitrogens with zero attached hydrogens (tertiary/aromatic N) is 2. The summed E-state index contributed by atoms with van der Waals surface area (Å²) in [5, 5.41) is 5.53. The molecule has 150 valence electrons. The van der Waals surface area contributed by atoms with Crippen LogP contribution in [0.5, 0.6) is 5.75 Å². The van der Waals surface area contributed by atoms with E-state index in [1.807, 2.05) is 24.3 Å². The number of thiazole rings is 1. The normalized spacial score (nSPS) is 16.5. The van der Waals surface area contributed by atoms with E-state index >= 15 is 0 Å². The maximum atomic E-state index is 14.1. The van der Waals surface area contributed by atoms with Gasteiger partial charge in [-0.3, -0.25) is 4.79 Å². The van der Waals surface area contributed by atoms with Crippen molar-refractivity contribution in [2.75, 3.05) is 32.1 Å². The number of methoxy groups -OCH3 is 1. The molecule has 0 spiro atoms. The fourth-order valence-corrected chi connectivity index (χ4v) is 3.85. The third kappa shape index (κ3) is 4.38. The number of ether oxygens (including phenoxy) is 2. The minimum absolute atomic E-state index is 0.186. The highest BCUT2D eigenvalue weighted by Gasteiger charge is 2.28. The summed E-state index contributed by atoms with van der Waals surface area (Å²) < 4.78 is 24.9. The molecule has 1 saturated heterocycles. The SMILES string of the molecule is COc1ccc(Nc2nc(C(=O)N3CCOC(c4ccccc4F)C3)cs2)cc1. The molecule has 29 heavy (non-hydrogen) atoms. The first kappa shape index (κ1) is 19.4. The molecule has 1 atom stereocenters. The number of aromatic nitrogens is 1. The summed E-state index contributed by atoms with van der Waals surface area (Å²) in [6.45, 7) is 1.09. The van der Waals surface area contributed by atoms with Gasteiger partial charge in [0, 0.05) is 23.2 Å². The zero-order valence-corrected chi connectivity index (χ0v) is 16.6. The molecule has 4 rings (SSSR count). The molecule has 0 aliphatic carbocycles. The van der Waals surface area contributed by atoms with Gasteiger partial charge in [0.2, 0.25) is 0 Å². The smallest absolute Gasteiger partial charge is 0.273 e. The predicted octanol–water partition coefficient (Wildman–Crippen LogP) is 4.25. The Labute approximate surface area is 171 Å². The highest BCUT2D eigenvalue weighted by Crippen LogP contribution is 2.27. The molecule has 1 fully saturated rings. The van der Waals surface area contributed by atoms with Crippen LogP contribution in [0.15, 0.2) is 53.9 Å². The van der Waals surface area contributed by atoms with E-state index in [2.05, 4.69) is 10.3 Å². The summed E-state index contributed by atoms with van der Waals surface area (Å²) in [5.41, 5.74) is 1.68. The van der Waals surface area contributed by atoms with Crippen molar-refractivity contribution in [2.45, 2.75) is 6.10 Å². The van der Waals surface area contributed by atoms with Crippen LogP contribution in [-0.2, 0) is 4.74 Å². The van der Waals surface area contributed by atoms with E-state index in [-0.39, 0.29) is 11.7 Å². The summed E-state index contributed by atoms with van der Waals surface area (Å²) in [6.07, 6.45) is -0.482. The van der Waals surface area contributed by atoms with Crippen molar-refractivity contribution in [1.29, 1.82) is 0 Å². The summed E-state index contributed by atoms with van der Waals surface area (Å²) in [5.74, 6) is 0.252. The van der Waals surface area contributed by atoms with Crippen LogP contribution >= 0.6 is 11.3 Å². The number of halogens is 1. The van der Waals surface area contributed by atoms with E-state index in [0.29, 0.717) is 36.1 Å². The summed E-state index contributed by atoms with van der Waals surface area (Å²) in [7, 11) is 1.61. The number of rotatable bonds is 5. The van der Waals surface area contributed by atoms with Crippen molar-refractivity contribution in [2.24, 2.45) is 0 Å². The van der Waals surface area contributed by atoms with Crippen molar-refractivity contribution in [1.82, 2.24) is 9.88 Å². The fraction of sp³-hybridized carbons (Fsp3) is 0.238. The van der Waals surface area contributed by atoms with E-state index < -0.39 is 6.10 Å². The summed E-state index contributed by atoms with van der Waals surface area (Å²) in [6, 6.07) is 13.9. The number of hydrogen-bond acceptors (Lipinski definition) is 6. The van der Waals surface area contributed by atoms with Gasteiger partial charge in [-0.1, -0.05) is 18.2 Å². The maximum Gasteiger partial charge on any atom is 0.273 e. The van der Waals surface area contributed by atoms with Crippen molar-refractivity contribution >= 4 is 28.1 Å². The first-order valence-corrected chi connectivity index (χ1v) is 10.0. The second-order valence-electron chi connectivity index (χ2n) is 6.52. The second kappa shape index (κ2) is 8.59. The van der Waals surface area contributed by atoms with Gasteiger partial charge in [-0.2, -0.15) is 0 Å². The Hall–Kier alpha value is -2.97. The standard InChI is InChI=1S/C21H20FN3O3S/c1-27-15-8-6-14(7-9-15)23-21-24-18(13-29-21)20(26)25-10-11-28-19(12-25)16-4-2-3-5-17(16)22/h2-9,13,19H,10-12H2,1H3,(H,23,24). The Morgan fingerprint density at radius 3 is 2.83 bits per heavy atom. The topological polar surface area (TPSA) is 63.7 Å². The van der Waals surface area contributed by atoms with Crippen LogP contribution in [-0.4, -0.2) is 42.6 Å². The molecule has 1 amide bonds. The van der Waals surface area contributed by atoms with Crippen LogP contribution in [0.2, 0.25) is 0 Å². The molecular formula is C21H20FN3O3S. The van der Waals surface area contributed by atoms with E-state index in [4.69, 9.17) is 9.47 Å². The zero-order chi connectivity index (χ0) is 20.2. The van der Waals surface area contributed by atoms with Gasteiger partial charge < -0.3 is 19.7 Å². The second-order valence-corrected chi connectivity index (χ2v) is 7.38. The quantitative estimate of drug-likeness (QED) is 0.678. The molecular weight excluding hydrogens is 393 g/mol. The van der Waals surface area contributed by atoms with Crippen molar-refractivity contribution in [3.05, 3.63) is 71.0 Å². The molecule has 1 N–H and O–H groups in total. The summed E-state index contributed by atoms with van der Waals surface area (Å²) in [4.78, 5) is 19.0. The van der Waals surface area contributed by atoms with Gasteiger partial charge in [0.15, 0.2) is 5.13 Å². The van der Waals surface area contributed by atoms with E-state index in [0.717, 1.165) is 11.4 Å². The third-order valence-electron chi connectivity index (χ3n) is 4.67. The molecule has 1 unspecified atom stereocenters. The number of amides is 1. The Morgan fingerprint density at radius 1 is 1.28 bits per heavy atom. The number of anilines is 2. The minimum atomic E-state index is -0.482. The largest absolute Gasteiger partial charge is 0.497 e. The molecule has 0 radical (unpaired) electrons. The van der Waals surface area contributed by atoms with Crippen LogP contribution in [0, 0.1) is 5.82 Å². The molecule has 0 bridgehead atoms. The number of nitrogens with one attached hydrogen (secondary N) is 1. The van der Waals surface area contributed by atoms with Gasteiger partial charge in [0.1, 0.15) is 23.4 Å². The van der Waals surface area contributed by atoms with Gasteiger partial charge in [0.05, 0.1) is 20.3 Å². The molecule has 0 saturated carbocycles. The lowest BCUT2D eigenvalue weighted by molar-refractivity contribution is -0.0244. The van der Waals surface area contributed by atoms with Crippen molar-refractivity contribution in [3.8, 4) is 5.75 Å². The monoisotopic (exact) mass is 413 g/mol. The minimum Gasteiger partial charge on any atom is -0.497 e. The van der Waals surface area contributed by atoms with Crippen LogP contribution < -0.4 is 10.1 Å². The van der Waals surface area contributed by atoms with Crippen LogP contribution in [0.4, 0.5) is 15.2 Å². The van der Waals surface area contributed by atoms with Gasteiger partial charge in [-0.15, -0.1) is 11.3 Å². The number of morpholine rings is 1. The summed E-state index contributed by atoms with van der Waals surface area (Å²) >= 11 is 1.35. The Balaban J connectivity index is 1.43. The average molecular weight is 413 g/mol. The lowest BCUT2D eigenvalue weighted by atomic mass is 10.1. The van der Waals surface area contributed by atoms with Crippen molar-refractivity contribution < 1.29 is 18.7 Å². The Bertz CT molecular complexity index is 993. The lowest BCUT2D eigenvalue weighted by Crippen LogP contribution is -2.42. The highest BCUT2D eigenvalue weighted by molar-refractivity contribution is 7.14. The Morgan fingerprint density at radius 2 is 2.07 bits per heavy atom. The first-order chi connectivity index (χ1) is 14.1. The van der Waals surface area contributed by atoms with Crippen molar-refractivity contribution in [3.63, 3.8) is 0 Å². The molecule has 6 nitrogen and oxygen atoms in total.